The average Bonchev–Trinajstić information content (AvgIpc) is 2.64. The average molecular weight is 350 g/mol. The van der Waals surface area contributed by atoms with Crippen LogP contribution in [0.2, 0.25) is 0 Å². The predicted octanol–water partition coefficient (Wildman–Crippen LogP) is 3.91. The fourth-order valence-electron chi connectivity index (χ4n) is 3.43. The second kappa shape index (κ2) is 6.94. The van der Waals surface area contributed by atoms with E-state index in [2.05, 4.69) is 24.4 Å². The number of fused-ring (bicyclic) bond motifs is 1. The maximum atomic E-state index is 12.8. The van der Waals surface area contributed by atoms with Gasteiger partial charge in [0, 0.05) is 36.2 Å². The van der Waals surface area contributed by atoms with Gasteiger partial charge in [-0.2, -0.15) is 0 Å². The van der Waals surface area contributed by atoms with Gasteiger partial charge in [-0.25, -0.2) is 0 Å². The fourth-order valence-corrected chi connectivity index (χ4v) is 3.43. The Morgan fingerprint density at radius 3 is 2.50 bits per heavy atom. The van der Waals surface area contributed by atoms with Crippen LogP contribution in [0.15, 0.2) is 48.5 Å². The van der Waals surface area contributed by atoms with Crippen LogP contribution in [-0.2, 0) is 11.2 Å². The molecule has 0 fully saturated rings. The second-order valence-corrected chi connectivity index (χ2v) is 7.60. The van der Waals surface area contributed by atoms with Gasteiger partial charge in [-0.1, -0.05) is 37.3 Å². The van der Waals surface area contributed by atoms with Crippen molar-refractivity contribution >= 4 is 17.5 Å². The van der Waals surface area contributed by atoms with Gasteiger partial charge >= 0.3 is 0 Å². The standard InChI is InChI=1S/C22H26N2O2/c1-15(16-8-6-5-7-9-16)22(2,3)23-21(26)18-10-12-19-17(14-18)11-13-20(25)24(19)4/h5-10,12,14-15H,11,13H2,1-4H3,(H,23,26). The molecule has 0 bridgehead atoms. The van der Waals surface area contributed by atoms with Crippen molar-refractivity contribution in [2.75, 3.05) is 11.9 Å². The molecular weight excluding hydrogens is 324 g/mol. The lowest BCUT2D eigenvalue weighted by Crippen LogP contribution is -2.47. The summed E-state index contributed by atoms with van der Waals surface area (Å²) < 4.78 is 0. The molecule has 26 heavy (non-hydrogen) atoms. The van der Waals surface area contributed by atoms with Crippen LogP contribution in [0.3, 0.4) is 0 Å². The quantitative estimate of drug-likeness (QED) is 0.909. The molecular formula is C22H26N2O2. The Morgan fingerprint density at radius 1 is 1.12 bits per heavy atom. The molecule has 4 nitrogen and oxygen atoms in total. The molecule has 1 atom stereocenters. The third-order valence-corrected chi connectivity index (χ3v) is 5.50. The number of nitrogens with one attached hydrogen (secondary N) is 1. The van der Waals surface area contributed by atoms with Crippen LogP contribution < -0.4 is 10.2 Å². The lowest BCUT2D eigenvalue weighted by molar-refractivity contribution is -0.118. The van der Waals surface area contributed by atoms with Crippen molar-refractivity contribution in [3.8, 4) is 0 Å². The van der Waals surface area contributed by atoms with Crippen LogP contribution >= 0.6 is 0 Å². The maximum Gasteiger partial charge on any atom is 0.251 e. The zero-order valence-corrected chi connectivity index (χ0v) is 15.9. The third-order valence-electron chi connectivity index (χ3n) is 5.50. The van der Waals surface area contributed by atoms with E-state index in [4.69, 9.17) is 0 Å². The van der Waals surface area contributed by atoms with Gasteiger partial charge in [0.05, 0.1) is 0 Å². The first-order valence-electron chi connectivity index (χ1n) is 9.06. The summed E-state index contributed by atoms with van der Waals surface area (Å²) in [5, 5.41) is 3.18. The highest BCUT2D eigenvalue weighted by atomic mass is 16.2. The summed E-state index contributed by atoms with van der Waals surface area (Å²) in [5.74, 6) is 0.210. The van der Waals surface area contributed by atoms with Gasteiger partial charge < -0.3 is 10.2 Å². The molecule has 2 aromatic carbocycles. The minimum Gasteiger partial charge on any atom is -0.347 e. The highest BCUT2D eigenvalue weighted by Crippen LogP contribution is 2.30. The van der Waals surface area contributed by atoms with Gasteiger partial charge in [-0.15, -0.1) is 0 Å². The number of hydrogen-bond acceptors (Lipinski definition) is 2. The van der Waals surface area contributed by atoms with Crippen molar-refractivity contribution in [2.24, 2.45) is 0 Å². The Labute approximate surface area is 155 Å². The van der Waals surface area contributed by atoms with Gasteiger partial charge in [0.1, 0.15) is 0 Å². The highest BCUT2D eigenvalue weighted by molar-refractivity contribution is 5.99. The zero-order valence-electron chi connectivity index (χ0n) is 15.9. The van der Waals surface area contributed by atoms with Crippen LogP contribution in [0, 0.1) is 0 Å². The summed E-state index contributed by atoms with van der Waals surface area (Å²) in [6.45, 7) is 6.23. The van der Waals surface area contributed by atoms with E-state index in [1.54, 1.807) is 18.0 Å². The van der Waals surface area contributed by atoms with Crippen molar-refractivity contribution in [3.05, 3.63) is 65.2 Å². The number of carbonyl (C=O) groups excluding carboxylic acids is 2. The summed E-state index contributed by atoms with van der Waals surface area (Å²) in [7, 11) is 1.78. The molecule has 1 N–H and O–H groups in total. The molecule has 1 aliphatic rings. The van der Waals surface area contributed by atoms with Crippen molar-refractivity contribution in [3.63, 3.8) is 0 Å². The van der Waals surface area contributed by atoms with Gasteiger partial charge in [0.2, 0.25) is 5.91 Å². The summed E-state index contributed by atoms with van der Waals surface area (Å²) in [4.78, 5) is 26.3. The molecule has 1 unspecified atom stereocenters. The predicted molar refractivity (Wildman–Crippen MR) is 105 cm³/mol. The third kappa shape index (κ3) is 3.50. The van der Waals surface area contributed by atoms with E-state index in [-0.39, 0.29) is 23.3 Å². The molecule has 0 saturated carbocycles. The second-order valence-electron chi connectivity index (χ2n) is 7.60. The maximum absolute atomic E-state index is 12.8. The number of anilines is 1. The normalized spacial score (nSPS) is 15.4. The van der Waals surface area contributed by atoms with Crippen molar-refractivity contribution in [1.29, 1.82) is 0 Å². The van der Waals surface area contributed by atoms with E-state index in [1.807, 2.05) is 44.2 Å². The molecule has 4 heteroatoms. The molecule has 136 valence electrons. The largest absolute Gasteiger partial charge is 0.347 e. The molecule has 2 aromatic rings. The van der Waals surface area contributed by atoms with E-state index in [0.29, 0.717) is 18.4 Å². The van der Waals surface area contributed by atoms with Gasteiger partial charge in [0.25, 0.3) is 5.91 Å². The summed E-state index contributed by atoms with van der Waals surface area (Å²) in [5.41, 5.74) is 3.40. The SMILES string of the molecule is CC(c1ccccc1)C(C)(C)NC(=O)c1ccc2c(c1)CCC(=O)N2C. The molecule has 0 aliphatic carbocycles. The molecule has 1 heterocycles. The molecule has 0 aromatic heterocycles. The molecule has 0 radical (unpaired) electrons. The van der Waals surface area contributed by atoms with Crippen molar-refractivity contribution in [1.82, 2.24) is 5.32 Å². The summed E-state index contributed by atoms with van der Waals surface area (Å²) >= 11 is 0. The van der Waals surface area contributed by atoms with E-state index in [0.717, 1.165) is 11.3 Å². The van der Waals surface area contributed by atoms with Crippen molar-refractivity contribution < 1.29 is 9.59 Å². The number of nitrogens with zero attached hydrogens (tertiary/aromatic N) is 1. The first-order valence-corrected chi connectivity index (χ1v) is 9.06. The number of benzene rings is 2. The smallest absolute Gasteiger partial charge is 0.251 e. The fraction of sp³-hybridized carbons (Fsp3) is 0.364. The molecule has 0 saturated heterocycles. The minimum absolute atomic E-state index is 0.0832. The van der Waals surface area contributed by atoms with Crippen LogP contribution in [0.25, 0.3) is 0 Å². The van der Waals surface area contributed by atoms with Crippen LogP contribution in [-0.4, -0.2) is 24.4 Å². The lowest BCUT2D eigenvalue weighted by Gasteiger charge is -2.33. The molecule has 3 rings (SSSR count). The Morgan fingerprint density at radius 2 is 1.81 bits per heavy atom. The first kappa shape index (κ1) is 18.2. The number of aryl methyl sites for hydroxylation is 1. The molecule has 2 amide bonds. The lowest BCUT2D eigenvalue weighted by atomic mass is 9.83. The van der Waals surface area contributed by atoms with Crippen LogP contribution in [0.1, 0.15) is 54.6 Å². The van der Waals surface area contributed by atoms with E-state index >= 15 is 0 Å². The molecule has 1 aliphatic heterocycles. The highest BCUT2D eigenvalue weighted by Gasteiger charge is 2.30. The van der Waals surface area contributed by atoms with Crippen LogP contribution in [0.5, 0.6) is 0 Å². The number of amides is 2. The van der Waals surface area contributed by atoms with E-state index < -0.39 is 0 Å². The van der Waals surface area contributed by atoms with Gasteiger partial charge in [-0.05, 0) is 49.6 Å². The summed E-state index contributed by atoms with van der Waals surface area (Å²) in [6.07, 6.45) is 1.18. The monoisotopic (exact) mass is 350 g/mol. The van der Waals surface area contributed by atoms with Crippen LogP contribution in [0.4, 0.5) is 5.69 Å². The van der Waals surface area contributed by atoms with E-state index in [9.17, 15) is 9.59 Å². The minimum atomic E-state index is -0.388. The Hall–Kier alpha value is -2.62. The Balaban J connectivity index is 1.78. The number of hydrogen-bond donors (Lipinski definition) is 1. The van der Waals surface area contributed by atoms with Gasteiger partial charge in [0.15, 0.2) is 0 Å². The summed E-state index contributed by atoms with van der Waals surface area (Å²) in [6, 6.07) is 15.8. The topological polar surface area (TPSA) is 49.4 Å². The Bertz CT molecular complexity index is 827. The zero-order chi connectivity index (χ0) is 18.9. The number of carbonyl (C=O) groups is 2. The number of rotatable bonds is 4. The Kier molecular flexibility index (Phi) is 4.86. The van der Waals surface area contributed by atoms with Gasteiger partial charge in [-0.3, -0.25) is 9.59 Å². The van der Waals surface area contributed by atoms with E-state index in [1.165, 1.54) is 5.56 Å². The first-order chi connectivity index (χ1) is 12.3. The van der Waals surface area contributed by atoms with Crippen molar-refractivity contribution in [2.45, 2.75) is 45.1 Å². The molecule has 0 spiro atoms.